The van der Waals surface area contributed by atoms with Gasteiger partial charge >= 0.3 is 0 Å². The average Bonchev–Trinajstić information content (AvgIpc) is 2.71. The molecule has 1 atom stereocenters. The predicted molar refractivity (Wildman–Crippen MR) is 129 cm³/mol. The maximum Gasteiger partial charge on any atom is 0.124 e. The van der Waals surface area contributed by atoms with Gasteiger partial charge in [0.1, 0.15) is 12.4 Å². The van der Waals surface area contributed by atoms with Crippen molar-refractivity contribution in [1.29, 1.82) is 0 Å². The molecule has 2 aromatic carbocycles. The lowest BCUT2D eigenvalue weighted by Gasteiger charge is -2.59. The van der Waals surface area contributed by atoms with Crippen molar-refractivity contribution >= 4 is 34.8 Å². The normalized spacial score (nSPS) is 29.9. The van der Waals surface area contributed by atoms with E-state index in [-0.39, 0.29) is 0 Å². The van der Waals surface area contributed by atoms with E-state index in [1.807, 2.05) is 36.4 Å². The van der Waals surface area contributed by atoms with Gasteiger partial charge in [-0.2, -0.15) is 0 Å². The Morgan fingerprint density at radius 3 is 2.19 bits per heavy atom. The zero-order valence-corrected chi connectivity index (χ0v) is 20.2. The molecule has 0 aromatic heterocycles. The van der Waals surface area contributed by atoms with Crippen LogP contribution in [-0.2, 0) is 13.2 Å². The first-order valence-electron chi connectivity index (χ1n) is 11.5. The Morgan fingerprint density at radius 2 is 1.58 bits per heavy atom. The van der Waals surface area contributed by atoms with Gasteiger partial charge in [-0.15, -0.1) is 0 Å². The van der Waals surface area contributed by atoms with Crippen LogP contribution in [0.2, 0.25) is 15.1 Å². The minimum atomic E-state index is 0.331. The summed E-state index contributed by atoms with van der Waals surface area (Å²) in [5, 5.41) is 5.82. The first-order chi connectivity index (χ1) is 14.9. The van der Waals surface area contributed by atoms with Crippen molar-refractivity contribution in [3.8, 4) is 5.75 Å². The third kappa shape index (κ3) is 4.47. The summed E-state index contributed by atoms with van der Waals surface area (Å²) in [6.45, 7) is 3.47. The molecule has 2 aromatic rings. The molecule has 0 spiro atoms. The molecule has 0 amide bonds. The largest absolute Gasteiger partial charge is 0.488 e. The van der Waals surface area contributed by atoms with Gasteiger partial charge < -0.3 is 10.1 Å². The van der Waals surface area contributed by atoms with Crippen LogP contribution in [0, 0.1) is 23.2 Å². The molecule has 0 aliphatic heterocycles. The fourth-order valence-electron chi connectivity index (χ4n) is 6.83. The van der Waals surface area contributed by atoms with Gasteiger partial charge in [0.05, 0.1) is 0 Å². The van der Waals surface area contributed by atoms with Gasteiger partial charge in [0, 0.05) is 38.8 Å². The van der Waals surface area contributed by atoms with Crippen LogP contribution in [0.1, 0.15) is 56.6 Å². The summed E-state index contributed by atoms with van der Waals surface area (Å²) in [6.07, 6.45) is 8.62. The number of benzene rings is 2. The van der Waals surface area contributed by atoms with E-state index >= 15 is 0 Å². The van der Waals surface area contributed by atoms with E-state index in [4.69, 9.17) is 39.5 Å². The van der Waals surface area contributed by atoms with E-state index in [2.05, 4.69) is 12.2 Å². The Morgan fingerprint density at radius 1 is 0.968 bits per heavy atom. The molecule has 4 fully saturated rings. The number of ether oxygens (including phenoxy) is 1. The highest BCUT2D eigenvalue weighted by Crippen LogP contribution is 2.61. The molecule has 4 saturated carbocycles. The van der Waals surface area contributed by atoms with Gasteiger partial charge in [-0.05, 0) is 98.9 Å². The summed E-state index contributed by atoms with van der Waals surface area (Å²) < 4.78 is 6.15. The summed E-state index contributed by atoms with van der Waals surface area (Å²) in [4.78, 5) is 0. The van der Waals surface area contributed by atoms with Gasteiger partial charge in [0.2, 0.25) is 0 Å². The second-order valence-corrected chi connectivity index (χ2v) is 11.4. The summed E-state index contributed by atoms with van der Waals surface area (Å²) in [6, 6.07) is 11.8. The van der Waals surface area contributed by atoms with Gasteiger partial charge in [-0.25, -0.2) is 0 Å². The van der Waals surface area contributed by atoms with Crippen molar-refractivity contribution in [2.24, 2.45) is 23.2 Å². The molecular formula is C26H30Cl3NO. The van der Waals surface area contributed by atoms with E-state index < -0.39 is 0 Å². The highest BCUT2D eigenvalue weighted by Gasteiger charge is 2.52. The van der Waals surface area contributed by atoms with Crippen molar-refractivity contribution in [2.45, 2.75) is 64.6 Å². The number of halogens is 3. The Hall–Kier alpha value is -0.930. The number of rotatable bonds is 7. The minimum Gasteiger partial charge on any atom is -0.488 e. The van der Waals surface area contributed by atoms with E-state index in [0.29, 0.717) is 28.1 Å². The first kappa shape index (κ1) is 21.9. The second kappa shape index (κ2) is 8.78. The predicted octanol–water partition coefficient (Wildman–Crippen LogP) is 7.92. The molecule has 1 unspecified atom stereocenters. The third-order valence-electron chi connectivity index (χ3n) is 8.06. The maximum absolute atomic E-state index is 6.33. The highest BCUT2D eigenvalue weighted by molar-refractivity contribution is 6.36. The average molecular weight is 479 g/mol. The maximum atomic E-state index is 6.33. The van der Waals surface area contributed by atoms with Crippen molar-refractivity contribution in [1.82, 2.24) is 5.32 Å². The Bertz CT molecular complexity index is 904. The molecule has 4 aliphatic rings. The van der Waals surface area contributed by atoms with Gasteiger partial charge in [-0.1, -0.05) is 40.9 Å². The van der Waals surface area contributed by atoms with E-state index in [9.17, 15) is 0 Å². The molecule has 166 valence electrons. The molecule has 2 nitrogen and oxygen atoms in total. The molecule has 4 aliphatic carbocycles. The van der Waals surface area contributed by atoms with Crippen LogP contribution in [0.15, 0.2) is 36.4 Å². The molecule has 1 N–H and O–H groups in total. The first-order valence-corrected chi connectivity index (χ1v) is 12.6. The minimum absolute atomic E-state index is 0.331. The molecule has 31 heavy (non-hydrogen) atoms. The Balaban J connectivity index is 1.28. The molecule has 6 rings (SSSR count). The third-order valence-corrected chi connectivity index (χ3v) is 9.00. The SMILES string of the molecule is CC(NCc1cc(Cl)ccc1OCc1c(Cl)cccc1Cl)C12CC3CC(CC(C3)C1)C2. The van der Waals surface area contributed by atoms with Gasteiger partial charge in [0.25, 0.3) is 0 Å². The second-order valence-electron chi connectivity index (χ2n) is 10.1. The quantitative estimate of drug-likeness (QED) is 0.436. The van der Waals surface area contributed by atoms with Gasteiger partial charge in [0.15, 0.2) is 0 Å². The Labute approximate surface area is 200 Å². The van der Waals surface area contributed by atoms with Crippen LogP contribution in [0.25, 0.3) is 0 Å². The molecular weight excluding hydrogens is 449 g/mol. The van der Waals surface area contributed by atoms with Crippen molar-refractivity contribution in [2.75, 3.05) is 0 Å². The topological polar surface area (TPSA) is 21.3 Å². The Kier molecular flexibility index (Phi) is 6.20. The van der Waals surface area contributed by atoms with Crippen molar-refractivity contribution in [3.63, 3.8) is 0 Å². The zero-order chi connectivity index (χ0) is 21.6. The number of nitrogens with one attached hydrogen (secondary N) is 1. The summed E-state index contributed by atoms with van der Waals surface area (Å²) in [5.41, 5.74) is 2.35. The summed E-state index contributed by atoms with van der Waals surface area (Å²) >= 11 is 19.0. The van der Waals surface area contributed by atoms with Crippen LogP contribution < -0.4 is 10.1 Å². The molecule has 4 bridgehead atoms. The lowest BCUT2D eigenvalue weighted by atomic mass is 9.48. The summed E-state index contributed by atoms with van der Waals surface area (Å²) in [7, 11) is 0. The van der Waals surface area contributed by atoms with E-state index in [1.54, 1.807) is 0 Å². The lowest BCUT2D eigenvalue weighted by Crippen LogP contribution is -2.54. The van der Waals surface area contributed by atoms with E-state index in [1.165, 1.54) is 38.5 Å². The fraction of sp³-hybridized carbons (Fsp3) is 0.538. The van der Waals surface area contributed by atoms with Crippen LogP contribution in [0.3, 0.4) is 0 Å². The smallest absolute Gasteiger partial charge is 0.124 e. The van der Waals surface area contributed by atoms with Crippen LogP contribution in [-0.4, -0.2) is 6.04 Å². The standard InChI is InChI=1S/C26H30Cl3NO/c1-16(26-11-17-7-18(12-26)9-19(8-17)13-26)30-14-20-10-21(27)5-6-25(20)31-15-22-23(28)3-2-4-24(22)29/h2-6,10,16-19,30H,7-9,11-15H2,1H3. The molecule has 5 heteroatoms. The van der Waals surface area contributed by atoms with Crippen LogP contribution >= 0.6 is 34.8 Å². The van der Waals surface area contributed by atoms with Crippen LogP contribution in [0.4, 0.5) is 0 Å². The highest BCUT2D eigenvalue weighted by atomic mass is 35.5. The molecule has 0 saturated heterocycles. The monoisotopic (exact) mass is 477 g/mol. The van der Waals surface area contributed by atoms with E-state index in [0.717, 1.165) is 46.2 Å². The van der Waals surface area contributed by atoms with Crippen molar-refractivity contribution in [3.05, 3.63) is 62.6 Å². The van der Waals surface area contributed by atoms with Crippen molar-refractivity contribution < 1.29 is 4.74 Å². The number of hydrogen-bond acceptors (Lipinski definition) is 2. The van der Waals surface area contributed by atoms with Gasteiger partial charge in [-0.3, -0.25) is 0 Å². The lowest BCUT2D eigenvalue weighted by molar-refractivity contribution is -0.0706. The zero-order valence-electron chi connectivity index (χ0n) is 18.0. The molecule has 0 heterocycles. The molecule has 0 radical (unpaired) electrons. The fourth-order valence-corrected chi connectivity index (χ4v) is 7.54. The summed E-state index contributed by atoms with van der Waals surface area (Å²) in [5.74, 6) is 3.70. The van der Waals surface area contributed by atoms with Crippen LogP contribution in [0.5, 0.6) is 5.75 Å². The number of hydrogen-bond donors (Lipinski definition) is 1.